The van der Waals surface area contributed by atoms with Gasteiger partial charge in [0.1, 0.15) is 12.6 Å². The fourth-order valence-electron chi connectivity index (χ4n) is 4.07. The second-order valence-electron chi connectivity index (χ2n) is 10.6. The predicted molar refractivity (Wildman–Crippen MR) is 139 cm³/mol. The van der Waals surface area contributed by atoms with Gasteiger partial charge in [0.25, 0.3) is 8.32 Å². The Morgan fingerprint density at radius 2 is 1.44 bits per heavy atom. The summed E-state index contributed by atoms with van der Waals surface area (Å²) in [7, 11) is -3.68. The molecule has 1 aromatic heterocycles. The van der Waals surface area contributed by atoms with Crippen LogP contribution in [-0.4, -0.2) is 32.5 Å². The molecular weight excluding hydrogens is 428 g/mol. The van der Waals surface area contributed by atoms with Crippen molar-refractivity contribution in [2.45, 2.75) is 64.8 Å². The second-order valence-corrected chi connectivity index (χ2v) is 20.5. The lowest BCUT2D eigenvalue weighted by Gasteiger charge is -2.43. The maximum Gasteiger partial charge on any atom is 0.261 e. The first-order chi connectivity index (χ1) is 15.1. The molecule has 172 valence electrons. The van der Waals surface area contributed by atoms with Crippen molar-refractivity contribution in [3.63, 3.8) is 0 Å². The van der Waals surface area contributed by atoms with Gasteiger partial charge in [-0.2, -0.15) is 0 Å². The highest BCUT2D eigenvalue weighted by Gasteiger charge is 2.50. The maximum absolute atomic E-state index is 7.02. The van der Waals surface area contributed by atoms with E-state index in [0.717, 1.165) is 18.5 Å². The van der Waals surface area contributed by atoms with Gasteiger partial charge in [0.2, 0.25) is 0 Å². The molecule has 0 unspecified atom stereocenters. The summed E-state index contributed by atoms with van der Waals surface area (Å²) in [6.45, 7) is 15.8. The summed E-state index contributed by atoms with van der Waals surface area (Å²) in [6, 6.07) is 22.6. The van der Waals surface area contributed by atoms with Gasteiger partial charge < -0.3 is 13.7 Å². The van der Waals surface area contributed by atoms with Crippen LogP contribution < -0.4 is 10.4 Å². The lowest BCUT2D eigenvalue weighted by atomic mass is 10.2. The van der Waals surface area contributed by atoms with E-state index >= 15 is 0 Å². The summed E-state index contributed by atoms with van der Waals surface area (Å²) in [6.07, 6.45) is 3.82. The van der Waals surface area contributed by atoms with Crippen molar-refractivity contribution in [1.82, 2.24) is 9.55 Å². The molecule has 0 amide bonds. The van der Waals surface area contributed by atoms with Crippen molar-refractivity contribution in [3.8, 4) is 0 Å². The van der Waals surface area contributed by atoms with E-state index in [4.69, 9.17) is 9.16 Å². The van der Waals surface area contributed by atoms with Crippen molar-refractivity contribution in [2.24, 2.45) is 0 Å². The number of hydrogen-bond donors (Lipinski definition) is 0. The minimum Gasteiger partial charge on any atom is -0.400 e. The zero-order valence-corrected chi connectivity index (χ0v) is 22.5. The number of benzene rings is 2. The Kier molecular flexibility index (Phi) is 7.93. The monoisotopic (exact) mass is 466 g/mol. The summed E-state index contributed by atoms with van der Waals surface area (Å²) >= 11 is 0. The zero-order valence-electron chi connectivity index (χ0n) is 20.5. The quantitative estimate of drug-likeness (QED) is 0.302. The fraction of sp³-hybridized carbons (Fsp3) is 0.423. The van der Waals surface area contributed by atoms with Gasteiger partial charge in [-0.3, -0.25) is 0 Å². The average molecular weight is 467 g/mol. The largest absolute Gasteiger partial charge is 0.400 e. The smallest absolute Gasteiger partial charge is 0.261 e. The molecule has 0 bridgehead atoms. The van der Waals surface area contributed by atoms with Gasteiger partial charge in [-0.25, -0.2) is 4.98 Å². The SMILES string of the molecule is CC(C)(C)[Si](OCc1nccn1COCC[Si](C)(C)C)(c1ccccc1)c1ccccc1. The Morgan fingerprint density at radius 1 is 0.875 bits per heavy atom. The number of rotatable bonds is 10. The number of ether oxygens (including phenoxy) is 1. The number of imidazole rings is 1. The predicted octanol–water partition coefficient (Wildman–Crippen LogP) is 5.27. The van der Waals surface area contributed by atoms with E-state index in [0.29, 0.717) is 13.3 Å². The molecule has 4 nitrogen and oxygen atoms in total. The Labute approximate surface area is 195 Å². The summed E-state index contributed by atoms with van der Waals surface area (Å²) in [5.41, 5.74) is 0. The molecule has 32 heavy (non-hydrogen) atoms. The molecule has 0 spiro atoms. The van der Waals surface area contributed by atoms with Crippen molar-refractivity contribution in [2.75, 3.05) is 6.61 Å². The molecule has 3 aromatic rings. The standard InChI is InChI=1S/C26H38N2O2Si2/c1-26(2,3)32(23-13-9-7-10-14-23,24-15-11-8-12-16-24)30-21-25-27-17-18-28(25)22-29-19-20-31(4,5)6/h7-18H,19-22H2,1-6H3. The van der Waals surface area contributed by atoms with E-state index in [1.165, 1.54) is 10.4 Å². The average Bonchev–Trinajstić information content (AvgIpc) is 3.19. The van der Waals surface area contributed by atoms with Gasteiger partial charge in [0.05, 0.1) is 6.61 Å². The number of aromatic nitrogens is 2. The third-order valence-electron chi connectivity index (χ3n) is 5.86. The number of nitrogens with zero attached hydrogens (tertiary/aromatic N) is 2. The van der Waals surface area contributed by atoms with Gasteiger partial charge in [-0.05, 0) is 21.5 Å². The van der Waals surface area contributed by atoms with Crippen LogP contribution in [0.1, 0.15) is 26.6 Å². The summed E-state index contributed by atoms with van der Waals surface area (Å²) in [5, 5.41) is 2.51. The molecule has 0 atom stereocenters. The molecular formula is C26H38N2O2Si2. The van der Waals surface area contributed by atoms with Crippen molar-refractivity contribution >= 4 is 26.8 Å². The van der Waals surface area contributed by atoms with Crippen LogP contribution in [0.15, 0.2) is 73.1 Å². The Bertz CT molecular complexity index is 921. The molecule has 2 aromatic carbocycles. The highest BCUT2D eigenvalue weighted by Crippen LogP contribution is 2.37. The molecule has 0 fully saturated rings. The van der Waals surface area contributed by atoms with Crippen LogP contribution in [-0.2, 0) is 22.5 Å². The molecule has 1 heterocycles. The maximum atomic E-state index is 7.02. The molecule has 3 rings (SSSR count). The van der Waals surface area contributed by atoms with E-state index in [1.807, 2.05) is 12.4 Å². The summed E-state index contributed by atoms with van der Waals surface area (Å²) < 4.78 is 15.1. The Morgan fingerprint density at radius 3 is 1.94 bits per heavy atom. The Balaban J connectivity index is 1.86. The van der Waals surface area contributed by atoms with E-state index in [-0.39, 0.29) is 5.04 Å². The summed E-state index contributed by atoms with van der Waals surface area (Å²) in [5.74, 6) is 0.908. The fourth-order valence-corrected chi connectivity index (χ4v) is 9.33. The van der Waals surface area contributed by atoms with E-state index in [2.05, 4.69) is 111 Å². The normalized spacial score (nSPS) is 12.8. The lowest BCUT2D eigenvalue weighted by molar-refractivity contribution is 0.0822. The van der Waals surface area contributed by atoms with Gasteiger partial charge in [0, 0.05) is 27.1 Å². The van der Waals surface area contributed by atoms with Crippen LogP contribution in [0.5, 0.6) is 0 Å². The highest BCUT2D eigenvalue weighted by molar-refractivity contribution is 6.99. The second kappa shape index (κ2) is 10.3. The molecule has 6 heteroatoms. The topological polar surface area (TPSA) is 36.3 Å². The third kappa shape index (κ3) is 5.87. The highest BCUT2D eigenvalue weighted by atomic mass is 28.4. The van der Waals surface area contributed by atoms with Crippen LogP contribution in [0.25, 0.3) is 0 Å². The van der Waals surface area contributed by atoms with Crippen LogP contribution in [0.4, 0.5) is 0 Å². The van der Waals surface area contributed by atoms with Crippen LogP contribution in [0.2, 0.25) is 30.7 Å². The Hall–Kier alpha value is -2.00. The minimum absolute atomic E-state index is 0.0546. The van der Waals surface area contributed by atoms with Crippen LogP contribution in [0, 0.1) is 0 Å². The summed E-state index contributed by atoms with van der Waals surface area (Å²) in [4.78, 5) is 4.61. The van der Waals surface area contributed by atoms with E-state index in [9.17, 15) is 0 Å². The van der Waals surface area contributed by atoms with E-state index < -0.39 is 16.4 Å². The van der Waals surface area contributed by atoms with Crippen molar-refractivity contribution < 1.29 is 9.16 Å². The van der Waals surface area contributed by atoms with Crippen LogP contribution >= 0.6 is 0 Å². The van der Waals surface area contributed by atoms with E-state index in [1.54, 1.807) is 0 Å². The molecule has 0 saturated heterocycles. The van der Waals surface area contributed by atoms with Gasteiger partial charge in [-0.1, -0.05) is 101 Å². The first-order valence-corrected chi connectivity index (χ1v) is 17.1. The molecule has 0 saturated carbocycles. The lowest BCUT2D eigenvalue weighted by Crippen LogP contribution is -2.66. The minimum atomic E-state index is -2.58. The van der Waals surface area contributed by atoms with Crippen molar-refractivity contribution in [3.05, 3.63) is 78.9 Å². The molecule has 0 radical (unpaired) electrons. The molecule has 0 aliphatic heterocycles. The molecule has 0 aliphatic rings. The molecule has 0 N–H and O–H groups in total. The van der Waals surface area contributed by atoms with Gasteiger partial charge >= 0.3 is 0 Å². The van der Waals surface area contributed by atoms with Crippen molar-refractivity contribution in [1.29, 1.82) is 0 Å². The number of hydrogen-bond acceptors (Lipinski definition) is 3. The third-order valence-corrected chi connectivity index (χ3v) is 12.5. The first-order valence-electron chi connectivity index (χ1n) is 11.5. The van der Waals surface area contributed by atoms with Gasteiger partial charge in [0.15, 0.2) is 0 Å². The molecule has 0 aliphatic carbocycles. The first kappa shape index (κ1) is 24.6. The zero-order chi connectivity index (χ0) is 23.2. The van der Waals surface area contributed by atoms with Crippen LogP contribution in [0.3, 0.4) is 0 Å². The van der Waals surface area contributed by atoms with Gasteiger partial charge in [-0.15, -0.1) is 0 Å².